The SMILES string of the molecule is [2H]C([2H])([2H])c1cnc(-c2cccc3c2oc2c3ccc3c(C)c(C)sc32)cc1C([2H])(C)C. The Bertz CT molecular complexity index is 1520. The van der Waals surface area contributed by atoms with Crippen molar-refractivity contribution in [3.05, 3.63) is 64.2 Å². The Balaban J connectivity index is 1.81. The molecule has 0 aliphatic carbocycles. The fraction of sp³-hybridized carbons (Fsp3) is 0.240. The highest BCUT2D eigenvalue weighted by molar-refractivity contribution is 7.20. The number of hydrogen-bond acceptors (Lipinski definition) is 3. The van der Waals surface area contributed by atoms with Crippen molar-refractivity contribution in [1.29, 1.82) is 0 Å². The van der Waals surface area contributed by atoms with Crippen molar-refractivity contribution in [2.24, 2.45) is 0 Å². The largest absolute Gasteiger partial charge is 0.454 e. The van der Waals surface area contributed by atoms with Gasteiger partial charge in [-0.05, 0) is 66.9 Å². The number of nitrogens with zero attached hydrogens (tertiary/aromatic N) is 1. The summed E-state index contributed by atoms with van der Waals surface area (Å²) in [5.41, 5.74) is 4.82. The summed E-state index contributed by atoms with van der Waals surface area (Å²) in [6, 6.07) is 11.9. The van der Waals surface area contributed by atoms with E-state index in [1.165, 1.54) is 22.0 Å². The van der Waals surface area contributed by atoms with Crippen LogP contribution in [-0.4, -0.2) is 4.98 Å². The van der Waals surface area contributed by atoms with Gasteiger partial charge in [-0.25, -0.2) is 0 Å². The number of benzene rings is 2. The number of hydrogen-bond donors (Lipinski definition) is 0. The summed E-state index contributed by atoms with van der Waals surface area (Å²) in [7, 11) is 0. The van der Waals surface area contributed by atoms with E-state index in [2.05, 4.69) is 31.0 Å². The molecule has 0 bridgehead atoms. The lowest BCUT2D eigenvalue weighted by atomic mass is 9.97. The van der Waals surface area contributed by atoms with E-state index in [-0.39, 0.29) is 5.56 Å². The molecular formula is C25H23NOS. The van der Waals surface area contributed by atoms with Gasteiger partial charge in [0.2, 0.25) is 0 Å². The average Bonchev–Trinajstić information content (AvgIpc) is 3.24. The second-order valence-electron chi connectivity index (χ2n) is 7.50. The van der Waals surface area contributed by atoms with Gasteiger partial charge in [-0.3, -0.25) is 4.98 Å². The van der Waals surface area contributed by atoms with Crippen LogP contribution in [0.4, 0.5) is 0 Å². The minimum Gasteiger partial charge on any atom is -0.454 e. The number of furan rings is 1. The van der Waals surface area contributed by atoms with E-state index in [0.29, 0.717) is 11.3 Å². The van der Waals surface area contributed by atoms with Gasteiger partial charge >= 0.3 is 0 Å². The first-order valence-corrected chi connectivity index (χ1v) is 10.1. The number of aromatic nitrogens is 1. The molecule has 2 nitrogen and oxygen atoms in total. The molecule has 0 atom stereocenters. The van der Waals surface area contributed by atoms with E-state index in [0.717, 1.165) is 32.2 Å². The molecule has 0 aliphatic rings. The lowest BCUT2D eigenvalue weighted by Crippen LogP contribution is -1.95. The van der Waals surface area contributed by atoms with Crippen LogP contribution in [0.5, 0.6) is 0 Å². The smallest absolute Gasteiger partial charge is 0.153 e. The Morgan fingerprint density at radius 2 is 1.86 bits per heavy atom. The third-order valence-electron chi connectivity index (χ3n) is 5.53. The van der Waals surface area contributed by atoms with Crippen LogP contribution in [0.25, 0.3) is 43.3 Å². The van der Waals surface area contributed by atoms with Crippen molar-refractivity contribution >= 4 is 43.4 Å². The molecule has 0 radical (unpaired) electrons. The van der Waals surface area contributed by atoms with Crippen molar-refractivity contribution in [3.63, 3.8) is 0 Å². The standard InChI is InChI=1S/C25H23NOS/c1-13(2)21-11-22(26-12-14(21)3)20-8-6-7-18-19-10-9-17-15(4)16(5)28-25(17)24(19)27-23(18)20/h6-13H,1-5H3/i3D3,13D. The first-order chi connectivity index (χ1) is 15.0. The van der Waals surface area contributed by atoms with Gasteiger partial charge in [0.1, 0.15) is 5.58 Å². The third-order valence-corrected chi connectivity index (χ3v) is 6.75. The van der Waals surface area contributed by atoms with Gasteiger partial charge in [0, 0.05) is 32.9 Å². The Morgan fingerprint density at radius 3 is 2.64 bits per heavy atom. The molecule has 2 aromatic carbocycles. The van der Waals surface area contributed by atoms with E-state index >= 15 is 0 Å². The minimum atomic E-state index is -2.33. The highest BCUT2D eigenvalue weighted by atomic mass is 32.1. The van der Waals surface area contributed by atoms with Crippen LogP contribution in [0.1, 0.15) is 46.8 Å². The summed E-state index contributed by atoms with van der Waals surface area (Å²) in [5.74, 6) is -1.08. The molecule has 5 aromatic rings. The lowest BCUT2D eigenvalue weighted by Gasteiger charge is -2.11. The van der Waals surface area contributed by atoms with Crippen LogP contribution >= 0.6 is 11.3 Å². The van der Waals surface area contributed by atoms with Crippen molar-refractivity contribution in [2.75, 3.05) is 0 Å². The van der Waals surface area contributed by atoms with Gasteiger partial charge in [-0.1, -0.05) is 32.0 Å². The van der Waals surface area contributed by atoms with Gasteiger partial charge in [0.05, 0.1) is 10.4 Å². The van der Waals surface area contributed by atoms with Gasteiger partial charge < -0.3 is 4.42 Å². The lowest BCUT2D eigenvalue weighted by molar-refractivity contribution is 0.674. The number of thiophene rings is 1. The summed E-state index contributed by atoms with van der Waals surface area (Å²) < 4.78 is 39.7. The van der Waals surface area contributed by atoms with E-state index in [1.54, 1.807) is 31.3 Å². The quantitative estimate of drug-likeness (QED) is 0.306. The molecule has 0 aliphatic heterocycles. The predicted octanol–water partition coefficient (Wildman–Crippen LogP) is 7.91. The van der Waals surface area contributed by atoms with Crippen molar-refractivity contribution in [2.45, 2.75) is 40.4 Å². The molecule has 0 amide bonds. The summed E-state index contributed by atoms with van der Waals surface area (Å²) >= 11 is 1.74. The van der Waals surface area contributed by atoms with Gasteiger partial charge in [-0.2, -0.15) is 0 Å². The van der Waals surface area contributed by atoms with Crippen molar-refractivity contribution in [3.8, 4) is 11.3 Å². The molecule has 0 unspecified atom stereocenters. The molecule has 3 heteroatoms. The van der Waals surface area contributed by atoms with Crippen LogP contribution < -0.4 is 0 Å². The molecule has 0 saturated carbocycles. The molecule has 3 heterocycles. The monoisotopic (exact) mass is 389 g/mol. The summed E-state index contributed by atoms with van der Waals surface area (Å²) in [5, 5.41) is 3.26. The highest BCUT2D eigenvalue weighted by Gasteiger charge is 2.18. The van der Waals surface area contributed by atoms with Crippen LogP contribution in [0, 0.1) is 20.7 Å². The Kier molecular flexibility index (Phi) is 2.98. The molecule has 0 N–H and O–H groups in total. The van der Waals surface area contributed by atoms with Crippen LogP contribution in [0.2, 0.25) is 0 Å². The van der Waals surface area contributed by atoms with E-state index in [4.69, 9.17) is 9.90 Å². The van der Waals surface area contributed by atoms with Gasteiger partial charge in [-0.15, -0.1) is 11.3 Å². The normalized spacial score (nSPS) is 15.0. The second kappa shape index (κ2) is 6.18. The molecular weight excluding hydrogens is 362 g/mol. The molecule has 0 saturated heterocycles. The van der Waals surface area contributed by atoms with E-state index in [1.807, 2.05) is 18.2 Å². The molecule has 28 heavy (non-hydrogen) atoms. The molecule has 5 rings (SSSR count). The topological polar surface area (TPSA) is 26.0 Å². The summed E-state index contributed by atoms with van der Waals surface area (Å²) in [6.45, 7) is 5.32. The van der Waals surface area contributed by atoms with Gasteiger partial charge in [0.15, 0.2) is 5.58 Å². The zero-order chi connectivity index (χ0) is 23.0. The first-order valence-electron chi connectivity index (χ1n) is 11.3. The fourth-order valence-electron chi connectivity index (χ4n) is 3.87. The Hall–Kier alpha value is -2.65. The number of para-hydroxylation sites is 1. The summed E-state index contributed by atoms with van der Waals surface area (Å²) in [6.07, 6.45) is 1.39. The minimum absolute atomic E-state index is 0.115. The third kappa shape index (κ3) is 2.43. The zero-order valence-electron chi connectivity index (χ0n) is 20.3. The average molecular weight is 390 g/mol. The van der Waals surface area contributed by atoms with Crippen LogP contribution in [0.15, 0.2) is 47.0 Å². The maximum Gasteiger partial charge on any atom is 0.153 e. The second-order valence-corrected chi connectivity index (χ2v) is 8.73. The first kappa shape index (κ1) is 13.5. The Labute approximate surface area is 174 Å². The number of fused-ring (bicyclic) bond motifs is 5. The maximum atomic E-state index is 8.52. The highest BCUT2D eigenvalue weighted by Crippen LogP contribution is 2.42. The van der Waals surface area contributed by atoms with Crippen molar-refractivity contribution in [1.82, 2.24) is 4.98 Å². The fourth-order valence-corrected chi connectivity index (χ4v) is 5.02. The van der Waals surface area contributed by atoms with Crippen LogP contribution in [0.3, 0.4) is 0 Å². The Morgan fingerprint density at radius 1 is 1.07 bits per heavy atom. The summed E-state index contributed by atoms with van der Waals surface area (Å²) in [4.78, 5) is 5.77. The number of pyridine rings is 1. The molecule has 140 valence electrons. The molecule has 3 aromatic heterocycles. The predicted molar refractivity (Wildman–Crippen MR) is 121 cm³/mol. The number of aryl methyl sites for hydroxylation is 3. The molecule has 0 spiro atoms. The number of rotatable bonds is 2. The zero-order valence-corrected chi connectivity index (χ0v) is 17.1. The van der Waals surface area contributed by atoms with E-state index in [9.17, 15) is 0 Å². The van der Waals surface area contributed by atoms with Crippen molar-refractivity contribution < 1.29 is 9.90 Å². The maximum absolute atomic E-state index is 8.52. The van der Waals surface area contributed by atoms with Gasteiger partial charge in [0.25, 0.3) is 0 Å². The van der Waals surface area contributed by atoms with Crippen LogP contribution in [-0.2, 0) is 0 Å². The van der Waals surface area contributed by atoms with E-state index < -0.39 is 12.7 Å². The molecule has 0 fully saturated rings.